The normalized spacial score (nSPS) is 12.3. The second-order valence-corrected chi connectivity index (χ2v) is 5.89. The maximum Gasteiger partial charge on any atom is 0.251 e. The Morgan fingerprint density at radius 3 is 2.38 bits per heavy atom. The third-order valence-corrected chi connectivity index (χ3v) is 3.81. The van der Waals surface area contributed by atoms with Crippen molar-refractivity contribution in [1.82, 2.24) is 15.6 Å². The van der Waals surface area contributed by atoms with Crippen LogP contribution >= 0.6 is 0 Å². The molecule has 1 N–H and O–H groups in total. The van der Waals surface area contributed by atoms with Crippen molar-refractivity contribution in [2.75, 3.05) is 0 Å². The highest BCUT2D eigenvalue weighted by molar-refractivity contribution is 6.05. The summed E-state index contributed by atoms with van der Waals surface area (Å²) in [5.74, 6) is -0.498. The molecule has 0 aliphatic heterocycles. The van der Waals surface area contributed by atoms with Gasteiger partial charge in [-0.25, -0.2) is 4.63 Å². The van der Waals surface area contributed by atoms with Crippen molar-refractivity contribution < 1.29 is 14.2 Å². The lowest BCUT2D eigenvalue weighted by molar-refractivity contribution is 0.0831. The maximum absolute atomic E-state index is 12.8. The van der Waals surface area contributed by atoms with E-state index in [4.69, 9.17) is 0 Å². The van der Waals surface area contributed by atoms with Gasteiger partial charge in [0.25, 0.3) is 5.91 Å². The number of ketones is 1. The summed E-state index contributed by atoms with van der Waals surface area (Å²) < 4.78 is 4.65. The quantitative estimate of drug-likeness (QED) is 0.730. The molecule has 3 aromatic rings. The first-order valence-corrected chi connectivity index (χ1v) is 7.68. The molecule has 1 aromatic heterocycles. The van der Waals surface area contributed by atoms with Gasteiger partial charge >= 0.3 is 0 Å². The van der Waals surface area contributed by atoms with Gasteiger partial charge in [-0.3, -0.25) is 9.59 Å². The van der Waals surface area contributed by atoms with Gasteiger partial charge < -0.3 is 5.32 Å². The molecule has 6 nitrogen and oxygen atoms in total. The lowest BCUT2D eigenvalue weighted by atomic mass is 9.94. The molecule has 0 spiro atoms. The zero-order valence-corrected chi connectivity index (χ0v) is 13.4. The molecule has 0 aliphatic carbocycles. The molecule has 1 unspecified atom stereocenters. The van der Waals surface area contributed by atoms with E-state index in [2.05, 4.69) is 20.3 Å². The van der Waals surface area contributed by atoms with Crippen molar-refractivity contribution in [3.8, 4) is 0 Å². The predicted octanol–water partition coefficient (Wildman–Crippen LogP) is 2.86. The molecule has 0 saturated heterocycles. The smallest absolute Gasteiger partial charge is 0.251 e. The number of fused-ring (bicyclic) bond motifs is 1. The average molecular weight is 323 g/mol. The van der Waals surface area contributed by atoms with E-state index in [9.17, 15) is 9.59 Å². The summed E-state index contributed by atoms with van der Waals surface area (Å²) in [6, 6.07) is 13.2. The van der Waals surface area contributed by atoms with Crippen molar-refractivity contribution in [2.24, 2.45) is 5.92 Å². The number of carbonyl (C=O) groups excluding carboxylic acids is 2. The van der Waals surface area contributed by atoms with Crippen molar-refractivity contribution in [3.63, 3.8) is 0 Å². The van der Waals surface area contributed by atoms with Crippen molar-refractivity contribution in [3.05, 3.63) is 59.7 Å². The van der Waals surface area contributed by atoms with Crippen LogP contribution in [-0.4, -0.2) is 28.0 Å². The third kappa shape index (κ3) is 3.17. The molecule has 6 heteroatoms. The van der Waals surface area contributed by atoms with Crippen LogP contribution in [0.4, 0.5) is 0 Å². The molecule has 0 bridgehead atoms. The highest BCUT2D eigenvalue weighted by Crippen LogP contribution is 2.16. The number of amides is 1. The molecule has 1 amide bonds. The lowest BCUT2D eigenvalue weighted by Gasteiger charge is -2.21. The molecular weight excluding hydrogens is 306 g/mol. The lowest BCUT2D eigenvalue weighted by Crippen LogP contribution is -2.44. The highest BCUT2D eigenvalue weighted by Gasteiger charge is 2.26. The SMILES string of the molecule is CC(C)C(NC(=O)c1ccccc1)C(=O)c1ccc2nonc2c1. The minimum Gasteiger partial charge on any atom is -0.342 e. The Balaban J connectivity index is 1.84. The van der Waals surface area contributed by atoms with Crippen LogP contribution in [0.3, 0.4) is 0 Å². The summed E-state index contributed by atoms with van der Waals surface area (Å²) in [4.78, 5) is 25.2. The molecule has 1 heterocycles. The highest BCUT2D eigenvalue weighted by atomic mass is 16.6. The Morgan fingerprint density at radius 1 is 0.958 bits per heavy atom. The number of Topliss-reactive ketones (excluding diaryl/α,β-unsaturated/α-hetero) is 1. The standard InChI is InChI=1S/C18H17N3O3/c1-11(2)16(19-18(23)12-6-4-3-5-7-12)17(22)13-8-9-14-15(10-13)21-24-20-14/h3-11,16H,1-2H3,(H,19,23). The summed E-state index contributed by atoms with van der Waals surface area (Å²) in [6.45, 7) is 3.79. The van der Waals surface area contributed by atoms with E-state index >= 15 is 0 Å². The van der Waals surface area contributed by atoms with E-state index < -0.39 is 6.04 Å². The molecular formula is C18H17N3O3. The first kappa shape index (κ1) is 15.9. The Kier molecular flexibility index (Phi) is 4.37. The Hall–Kier alpha value is -3.02. The topological polar surface area (TPSA) is 85.1 Å². The number of nitrogens with zero attached hydrogens (tertiary/aromatic N) is 2. The van der Waals surface area contributed by atoms with E-state index in [0.29, 0.717) is 22.2 Å². The maximum atomic E-state index is 12.8. The molecule has 2 aromatic carbocycles. The van der Waals surface area contributed by atoms with Crippen LogP contribution in [-0.2, 0) is 0 Å². The van der Waals surface area contributed by atoms with E-state index in [1.54, 1.807) is 42.5 Å². The Labute approximate surface area is 138 Å². The summed E-state index contributed by atoms with van der Waals surface area (Å²) in [6.07, 6.45) is 0. The molecule has 0 saturated carbocycles. The number of hydrogen-bond acceptors (Lipinski definition) is 5. The van der Waals surface area contributed by atoms with Crippen LogP contribution < -0.4 is 5.32 Å². The zero-order valence-electron chi connectivity index (χ0n) is 13.4. The summed E-state index contributed by atoms with van der Waals surface area (Å²) >= 11 is 0. The van der Waals surface area contributed by atoms with Crippen LogP contribution in [0.1, 0.15) is 34.6 Å². The zero-order chi connectivity index (χ0) is 17.1. The Morgan fingerprint density at radius 2 is 1.67 bits per heavy atom. The van der Waals surface area contributed by atoms with Gasteiger partial charge in [-0.1, -0.05) is 32.0 Å². The van der Waals surface area contributed by atoms with Gasteiger partial charge in [-0.2, -0.15) is 0 Å². The average Bonchev–Trinajstić information content (AvgIpc) is 3.07. The van der Waals surface area contributed by atoms with Crippen LogP contribution in [0.15, 0.2) is 53.2 Å². The number of nitrogens with one attached hydrogen (secondary N) is 1. The minimum atomic E-state index is -0.630. The fraction of sp³-hybridized carbons (Fsp3) is 0.222. The first-order chi connectivity index (χ1) is 11.6. The van der Waals surface area contributed by atoms with Gasteiger partial charge in [-0.15, -0.1) is 0 Å². The van der Waals surface area contributed by atoms with Crippen molar-refractivity contribution >= 4 is 22.7 Å². The first-order valence-electron chi connectivity index (χ1n) is 7.68. The fourth-order valence-electron chi connectivity index (χ4n) is 2.46. The number of benzene rings is 2. The monoisotopic (exact) mass is 323 g/mol. The van der Waals surface area contributed by atoms with Gasteiger partial charge in [0, 0.05) is 11.1 Å². The van der Waals surface area contributed by atoms with Crippen LogP contribution in [0, 0.1) is 5.92 Å². The fourth-order valence-corrected chi connectivity index (χ4v) is 2.46. The molecule has 0 fully saturated rings. The molecule has 24 heavy (non-hydrogen) atoms. The van der Waals surface area contributed by atoms with E-state index in [1.165, 1.54) is 0 Å². The Bertz CT molecular complexity index is 871. The summed E-state index contributed by atoms with van der Waals surface area (Å²) in [5.41, 5.74) is 2.08. The van der Waals surface area contributed by atoms with Gasteiger partial charge in [0.05, 0.1) is 6.04 Å². The van der Waals surface area contributed by atoms with Gasteiger partial charge in [0.2, 0.25) is 0 Å². The van der Waals surface area contributed by atoms with Crippen molar-refractivity contribution in [2.45, 2.75) is 19.9 Å². The molecule has 0 radical (unpaired) electrons. The number of rotatable bonds is 5. The molecule has 122 valence electrons. The van der Waals surface area contributed by atoms with E-state index in [-0.39, 0.29) is 17.6 Å². The van der Waals surface area contributed by atoms with Crippen LogP contribution in [0.5, 0.6) is 0 Å². The molecule has 0 aliphatic rings. The largest absolute Gasteiger partial charge is 0.342 e. The van der Waals surface area contributed by atoms with Gasteiger partial charge in [-0.05, 0) is 46.6 Å². The van der Waals surface area contributed by atoms with Gasteiger partial charge in [0.1, 0.15) is 11.0 Å². The van der Waals surface area contributed by atoms with Crippen molar-refractivity contribution in [1.29, 1.82) is 0 Å². The predicted molar refractivity (Wildman–Crippen MR) is 88.7 cm³/mol. The third-order valence-electron chi connectivity index (χ3n) is 3.81. The second kappa shape index (κ2) is 6.62. The molecule has 1 atom stereocenters. The number of hydrogen-bond donors (Lipinski definition) is 1. The number of carbonyl (C=O) groups is 2. The van der Waals surface area contributed by atoms with Crippen LogP contribution in [0.2, 0.25) is 0 Å². The number of aromatic nitrogens is 2. The molecule has 3 rings (SSSR count). The van der Waals surface area contributed by atoms with E-state index in [1.807, 2.05) is 19.9 Å². The van der Waals surface area contributed by atoms with Gasteiger partial charge in [0.15, 0.2) is 5.78 Å². The minimum absolute atomic E-state index is 0.0590. The van der Waals surface area contributed by atoms with Crippen LogP contribution in [0.25, 0.3) is 11.0 Å². The van der Waals surface area contributed by atoms with E-state index in [0.717, 1.165) is 0 Å². The second-order valence-electron chi connectivity index (χ2n) is 5.89. The summed E-state index contributed by atoms with van der Waals surface area (Å²) in [7, 11) is 0. The summed E-state index contributed by atoms with van der Waals surface area (Å²) in [5, 5.41) is 10.3.